The van der Waals surface area contributed by atoms with Crippen molar-refractivity contribution in [2.45, 2.75) is 6.54 Å². The zero-order valence-corrected chi connectivity index (χ0v) is 18.0. The molecule has 5 rings (SSSR count). The molecule has 0 unspecified atom stereocenters. The molecule has 1 fully saturated rings. The van der Waals surface area contributed by atoms with Gasteiger partial charge in [-0.25, -0.2) is 9.37 Å². The number of hydrogen-bond acceptors (Lipinski definition) is 6. The van der Waals surface area contributed by atoms with Gasteiger partial charge in [0.15, 0.2) is 11.6 Å². The van der Waals surface area contributed by atoms with E-state index in [1.807, 2.05) is 42.6 Å². The Labute approximate surface area is 186 Å². The summed E-state index contributed by atoms with van der Waals surface area (Å²) in [7, 11) is 2.14. The molecular formula is C24H26FN7. The molecule has 0 atom stereocenters. The first-order chi connectivity index (χ1) is 15.6. The second-order valence-corrected chi connectivity index (χ2v) is 8.08. The predicted octanol–water partition coefficient (Wildman–Crippen LogP) is 3.51. The lowest BCUT2D eigenvalue weighted by atomic mass is 10.2. The van der Waals surface area contributed by atoms with Crippen molar-refractivity contribution < 1.29 is 4.39 Å². The summed E-state index contributed by atoms with van der Waals surface area (Å²) in [5.41, 5.74) is 9.70. The Morgan fingerprint density at radius 3 is 2.69 bits per heavy atom. The fourth-order valence-electron chi connectivity index (χ4n) is 4.15. The van der Waals surface area contributed by atoms with Gasteiger partial charge in [0.25, 0.3) is 0 Å². The van der Waals surface area contributed by atoms with Crippen molar-refractivity contribution in [3.05, 3.63) is 72.3 Å². The highest BCUT2D eigenvalue weighted by molar-refractivity contribution is 5.85. The van der Waals surface area contributed by atoms with Crippen LogP contribution in [0.1, 0.15) is 5.56 Å². The Kier molecular flexibility index (Phi) is 5.46. The number of benzene rings is 2. The highest BCUT2D eigenvalue weighted by Crippen LogP contribution is 2.27. The Balaban J connectivity index is 1.45. The van der Waals surface area contributed by atoms with Gasteiger partial charge >= 0.3 is 0 Å². The number of nitrogens with zero attached hydrogens (tertiary/aromatic N) is 5. The van der Waals surface area contributed by atoms with Crippen LogP contribution in [0.4, 0.5) is 21.7 Å². The van der Waals surface area contributed by atoms with Crippen molar-refractivity contribution in [2.75, 3.05) is 43.4 Å². The predicted molar refractivity (Wildman–Crippen MR) is 126 cm³/mol. The summed E-state index contributed by atoms with van der Waals surface area (Å²) < 4.78 is 16.5. The van der Waals surface area contributed by atoms with Crippen molar-refractivity contribution in [2.24, 2.45) is 5.73 Å². The van der Waals surface area contributed by atoms with E-state index in [1.54, 1.807) is 4.57 Å². The topological polar surface area (TPSA) is 75.2 Å². The van der Waals surface area contributed by atoms with E-state index in [2.05, 4.69) is 44.3 Å². The van der Waals surface area contributed by atoms with E-state index in [0.717, 1.165) is 54.0 Å². The van der Waals surface area contributed by atoms with E-state index < -0.39 is 5.82 Å². The van der Waals surface area contributed by atoms with Crippen molar-refractivity contribution in [3.63, 3.8) is 0 Å². The zero-order valence-electron chi connectivity index (χ0n) is 18.0. The second kappa shape index (κ2) is 8.57. The standard InChI is InChI=1S/C24H26FN7/c1-30-9-11-31(12-10-30)19-6-4-5-18(13-19)28-24-27-15-21(25)23(29-24)32-16-17(14-26)20-7-2-3-8-22(20)32/h2-8,13,15-16H,9-12,14,26H2,1H3,(H,27,28,29). The van der Waals surface area contributed by atoms with Crippen LogP contribution < -0.4 is 16.0 Å². The average molecular weight is 432 g/mol. The van der Waals surface area contributed by atoms with E-state index in [4.69, 9.17) is 5.73 Å². The minimum absolute atomic E-state index is 0.189. The first-order valence-electron chi connectivity index (χ1n) is 10.7. The number of halogens is 1. The van der Waals surface area contributed by atoms with E-state index >= 15 is 0 Å². The van der Waals surface area contributed by atoms with Crippen LogP contribution in [-0.4, -0.2) is 52.7 Å². The molecule has 2 aromatic heterocycles. The number of aromatic nitrogens is 3. The van der Waals surface area contributed by atoms with Gasteiger partial charge < -0.3 is 20.9 Å². The van der Waals surface area contributed by atoms with Gasteiger partial charge in [-0.3, -0.25) is 4.57 Å². The number of piperazine rings is 1. The van der Waals surface area contributed by atoms with Gasteiger partial charge in [-0.1, -0.05) is 24.3 Å². The van der Waals surface area contributed by atoms with Gasteiger partial charge in [0.2, 0.25) is 5.95 Å². The van der Waals surface area contributed by atoms with Crippen molar-refractivity contribution in [1.29, 1.82) is 0 Å². The van der Waals surface area contributed by atoms with Crippen molar-refractivity contribution >= 4 is 28.2 Å². The average Bonchev–Trinajstić information content (AvgIpc) is 3.20. The molecule has 7 nitrogen and oxygen atoms in total. The minimum Gasteiger partial charge on any atom is -0.369 e. The molecule has 4 aromatic rings. The van der Waals surface area contributed by atoms with Gasteiger partial charge in [0, 0.05) is 55.7 Å². The van der Waals surface area contributed by atoms with Gasteiger partial charge in [-0.2, -0.15) is 4.98 Å². The fraction of sp³-hybridized carbons (Fsp3) is 0.250. The smallest absolute Gasteiger partial charge is 0.229 e. The summed E-state index contributed by atoms with van der Waals surface area (Å²) in [4.78, 5) is 13.3. The van der Waals surface area contributed by atoms with Crippen LogP contribution in [0.15, 0.2) is 60.9 Å². The number of anilines is 3. The van der Waals surface area contributed by atoms with E-state index in [-0.39, 0.29) is 5.82 Å². The zero-order chi connectivity index (χ0) is 22.1. The molecule has 32 heavy (non-hydrogen) atoms. The third-order valence-electron chi connectivity index (χ3n) is 5.94. The van der Waals surface area contributed by atoms with Crippen molar-refractivity contribution in [1.82, 2.24) is 19.4 Å². The second-order valence-electron chi connectivity index (χ2n) is 8.08. The summed E-state index contributed by atoms with van der Waals surface area (Å²) in [6.07, 6.45) is 3.04. The molecule has 164 valence electrons. The number of likely N-dealkylation sites (N-methyl/N-ethyl adjacent to an activating group) is 1. The van der Waals surface area contributed by atoms with E-state index in [0.29, 0.717) is 12.5 Å². The number of nitrogens with one attached hydrogen (secondary N) is 1. The van der Waals surface area contributed by atoms with Crippen LogP contribution in [0, 0.1) is 5.82 Å². The molecule has 0 amide bonds. The van der Waals surface area contributed by atoms with Gasteiger partial charge in [-0.15, -0.1) is 0 Å². The number of nitrogens with two attached hydrogens (primary N) is 1. The maximum absolute atomic E-state index is 14.8. The number of rotatable bonds is 5. The largest absolute Gasteiger partial charge is 0.369 e. The lowest BCUT2D eigenvalue weighted by Gasteiger charge is -2.34. The number of para-hydroxylation sites is 1. The molecule has 1 aliphatic heterocycles. The Hall–Kier alpha value is -3.49. The molecule has 8 heteroatoms. The van der Waals surface area contributed by atoms with E-state index in [9.17, 15) is 4.39 Å². The lowest BCUT2D eigenvalue weighted by Crippen LogP contribution is -2.44. The molecule has 0 aliphatic carbocycles. The molecule has 3 N–H and O–H groups in total. The summed E-state index contributed by atoms with van der Waals surface area (Å²) in [5.74, 6) is 0.0312. The fourth-order valence-corrected chi connectivity index (χ4v) is 4.15. The van der Waals surface area contributed by atoms with Crippen LogP contribution in [0.25, 0.3) is 16.7 Å². The molecule has 0 saturated carbocycles. The molecule has 1 saturated heterocycles. The maximum Gasteiger partial charge on any atom is 0.229 e. The minimum atomic E-state index is -0.494. The Bertz CT molecular complexity index is 1240. The quantitative estimate of drug-likeness (QED) is 0.504. The van der Waals surface area contributed by atoms with Crippen molar-refractivity contribution in [3.8, 4) is 5.82 Å². The summed E-state index contributed by atoms with van der Waals surface area (Å²) in [5, 5.41) is 4.22. The molecule has 3 heterocycles. The van der Waals surface area contributed by atoms with Crippen LogP contribution in [0.5, 0.6) is 0 Å². The Morgan fingerprint density at radius 2 is 1.88 bits per heavy atom. The summed E-state index contributed by atoms with van der Waals surface area (Å²) in [6.45, 7) is 4.42. The molecular weight excluding hydrogens is 405 g/mol. The molecule has 1 aliphatic rings. The molecule has 2 aromatic carbocycles. The van der Waals surface area contributed by atoms with Gasteiger partial charge in [0.05, 0.1) is 11.7 Å². The van der Waals surface area contributed by atoms with Crippen LogP contribution in [0.2, 0.25) is 0 Å². The van der Waals surface area contributed by atoms with Crippen LogP contribution in [-0.2, 0) is 6.54 Å². The SMILES string of the molecule is CN1CCN(c2cccc(Nc3ncc(F)c(-n4cc(CN)c5ccccc54)n3)c2)CC1. The first kappa shape index (κ1) is 20.4. The normalized spacial score (nSPS) is 14.8. The molecule has 0 bridgehead atoms. The monoisotopic (exact) mass is 431 g/mol. The van der Waals surface area contributed by atoms with Gasteiger partial charge in [0.1, 0.15) is 0 Å². The van der Waals surface area contributed by atoms with Crippen LogP contribution >= 0.6 is 0 Å². The summed E-state index contributed by atoms with van der Waals surface area (Å²) in [6, 6.07) is 15.9. The van der Waals surface area contributed by atoms with Crippen LogP contribution in [0.3, 0.4) is 0 Å². The van der Waals surface area contributed by atoms with Gasteiger partial charge in [-0.05, 0) is 36.9 Å². The Morgan fingerprint density at radius 1 is 1.06 bits per heavy atom. The molecule has 0 spiro atoms. The number of hydrogen-bond donors (Lipinski definition) is 2. The first-order valence-corrected chi connectivity index (χ1v) is 10.7. The van der Waals surface area contributed by atoms with E-state index in [1.165, 1.54) is 6.20 Å². The third kappa shape index (κ3) is 3.90. The summed E-state index contributed by atoms with van der Waals surface area (Å²) >= 11 is 0. The number of fused-ring (bicyclic) bond motifs is 1. The lowest BCUT2D eigenvalue weighted by molar-refractivity contribution is 0.313. The highest BCUT2D eigenvalue weighted by Gasteiger charge is 2.16. The third-order valence-corrected chi connectivity index (χ3v) is 5.94. The maximum atomic E-state index is 14.8. The highest BCUT2D eigenvalue weighted by atomic mass is 19.1. The molecule has 0 radical (unpaired) electrons.